The van der Waals surface area contributed by atoms with Crippen LogP contribution in [0.4, 0.5) is 10.1 Å². The van der Waals surface area contributed by atoms with Crippen molar-refractivity contribution in [1.82, 2.24) is 10.3 Å². The second kappa shape index (κ2) is 20.6. The number of amides is 1. The first-order valence-corrected chi connectivity index (χ1v) is 18.6. The normalized spacial score (nSPS) is 12.5. The third kappa shape index (κ3) is 11.6. The van der Waals surface area contributed by atoms with Gasteiger partial charge in [0.05, 0.1) is 0 Å². The number of hydrogen-bond acceptors (Lipinski definition) is 6. The number of para-hydroxylation sites is 1. The Morgan fingerprint density at radius 1 is 1.08 bits per heavy atom. The Labute approximate surface area is 304 Å². The van der Waals surface area contributed by atoms with Crippen LogP contribution in [0.25, 0.3) is 11.1 Å². The molecule has 0 saturated heterocycles. The molecule has 0 aliphatic rings. The third-order valence-electron chi connectivity index (χ3n) is 7.70. The van der Waals surface area contributed by atoms with E-state index in [1.54, 1.807) is 29.5 Å². The number of aliphatic imine (C=N–C) groups is 1. The molecular formula is C40H49FN4O2SV. The number of halogens is 1. The quantitative estimate of drug-likeness (QED) is 0.0693. The van der Waals surface area contributed by atoms with Gasteiger partial charge in [-0.25, -0.2) is 0 Å². The van der Waals surface area contributed by atoms with Gasteiger partial charge >= 0.3 is 288 Å². The number of aromatic nitrogens is 1. The molecule has 1 aromatic heterocycles. The van der Waals surface area contributed by atoms with Crippen molar-refractivity contribution >= 4 is 44.7 Å². The van der Waals surface area contributed by atoms with Crippen molar-refractivity contribution < 1.29 is 30.9 Å². The summed E-state index contributed by atoms with van der Waals surface area (Å²) in [5, 5.41) is 7.14. The number of allylic oxidation sites excluding steroid dienone is 4. The van der Waals surface area contributed by atoms with Crippen molar-refractivity contribution in [2.75, 3.05) is 5.32 Å². The van der Waals surface area contributed by atoms with Crippen LogP contribution in [0, 0.1) is 5.82 Å². The van der Waals surface area contributed by atoms with Gasteiger partial charge in [-0.2, -0.15) is 0 Å². The van der Waals surface area contributed by atoms with Gasteiger partial charge in [0.2, 0.25) is 0 Å². The van der Waals surface area contributed by atoms with Crippen LogP contribution in [-0.4, -0.2) is 27.6 Å². The zero-order valence-corrected chi connectivity index (χ0v) is 31.7. The molecule has 3 rings (SSSR count). The second-order valence-electron chi connectivity index (χ2n) is 11.6. The minimum atomic E-state index is -0.698. The van der Waals surface area contributed by atoms with Crippen molar-refractivity contribution in [3.8, 4) is 0 Å². The summed E-state index contributed by atoms with van der Waals surface area (Å²) in [5.74, 6) is -0.514. The van der Waals surface area contributed by atoms with Crippen LogP contribution in [0.3, 0.4) is 0 Å². The summed E-state index contributed by atoms with van der Waals surface area (Å²) < 4.78 is 22.2. The smallest absolute Gasteiger partial charge is 0.0622 e. The first kappa shape index (κ1) is 39.6. The summed E-state index contributed by atoms with van der Waals surface area (Å²) in [6.07, 6.45) is 12.7. The maximum absolute atomic E-state index is 15.3. The van der Waals surface area contributed by atoms with E-state index in [0.29, 0.717) is 34.3 Å². The summed E-state index contributed by atoms with van der Waals surface area (Å²) in [6.45, 7) is 18.4. The van der Waals surface area contributed by atoms with Crippen LogP contribution in [-0.2, 0) is 32.9 Å². The number of carbonyl (C=O) groups excluding carboxylic acids is 1. The number of ether oxygens (including phenoxy) is 1. The van der Waals surface area contributed by atoms with Crippen molar-refractivity contribution in [3.63, 3.8) is 0 Å². The van der Waals surface area contributed by atoms with Gasteiger partial charge in [-0.3, -0.25) is 0 Å². The standard InChI is InChI=1S/C40H49FN4O2S.V/c1-8-13-15-23-31(26-42-28(6)11-4)39-35(44-37(48-39)20-10-3)27-47-36(12-5)43-34(19-9-2)40(46)45-38-32(24-18-25-33(38)41)29(7)30-21-16-14-17-22-30;/h12,14,16-18,21-26,34,43H,6-11,13,15,19-20H2,1-5H3,(H,45,46);/b31-23+,36-12+,42-26?;. The van der Waals surface area contributed by atoms with Gasteiger partial charge in [-0.15, -0.1) is 0 Å². The van der Waals surface area contributed by atoms with E-state index >= 15 is 4.39 Å². The summed E-state index contributed by atoms with van der Waals surface area (Å²) in [6, 6.07) is 13.5. The zero-order valence-electron chi connectivity index (χ0n) is 29.4. The van der Waals surface area contributed by atoms with Gasteiger partial charge < -0.3 is 0 Å². The number of carbonyl (C=O) groups is 1. The molecule has 0 radical (unpaired) electrons. The van der Waals surface area contributed by atoms with Gasteiger partial charge in [0, 0.05) is 0 Å². The Balaban J connectivity index is 1.88. The number of nitrogens with one attached hydrogen (secondary N) is 2. The van der Waals surface area contributed by atoms with Crippen LogP contribution in [0.15, 0.2) is 90.4 Å². The fraction of sp³-hybridized carbons (Fsp3) is 0.350. The number of thiazole rings is 1. The topological polar surface area (TPSA) is 75.6 Å². The predicted octanol–water partition coefficient (Wildman–Crippen LogP) is 10.2. The van der Waals surface area contributed by atoms with E-state index in [9.17, 15) is 4.79 Å². The van der Waals surface area contributed by atoms with Crippen molar-refractivity contribution in [3.05, 3.63) is 118 Å². The molecule has 49 heavy (non-hydrogen) atoms. The van der Waals surface area contributed by atoms with Crippen LogP contribution < -0.4 is 10.6 Å². The number of rotatable bonds is 20. The fourth-order valence-electron chi connectivity index (χ4n) is 4.90. The molecule has 6 nitrogen and oxygen atoms in total. The molecule has 2 aromatic carbocycles. The second-order valence-corrected chi connectivity index (χ2v) is 13.3. The van der Waals surface area contributed by atoms with Crippen molar-refractivity contribution in [2.45, 2.75) is 92.0 Å². The average Bonchev–Trinajstić information content (AvgIpc) is 3.53. The summed E-state index contributed by atoms with van der Waals surface area (Å²) in [4.78, 5) is 24.3. The Morgan fingerprint density at radius 2 is 1.84 bits per heavy atom. The monoisotopic (exact) mass is 719 g/mol. The first-order valence-electron chi connectivity index (χ1n) is 17.1. The van der Waals surface area contributed by atoms with E-state index in [4.69, 9.17) is 9.72 Å². The SMILES string of the molecule is C=C(CC)N=C/C(=C\CCCC)c1sc(CCC)nc1[C](=[V])O/C(=C/C)NC(CCC)C(=O)Nc1c(F)cccc1C(=C)c1ccccc1. The van der Waals surface area contributed by atoms with Crippen LogP contribution in [0.5, 0.6) is 0 Å². The number of anilines is 1. The Morgan fingerprint density at radius 3 is 2.49 bits per heavy atom. The molecule has 0 saturated carbocycles. The maximum atomic E-state index is 15.3. The van der Waals surface area contributed by atoms with Gasteiger partial charge in [-0.1, -0.05) is 18.2 Å². The van der Waals surface area contributed by atoms with E-state index < -0.39 is 11.9 Å². The Kier molecular flexibility index (Phi) is 16.7. The molecule has 1 heterocycles. The molecule has 1 atom stereocenters. The molecule has 3 aromatic rings. The molecule has 9 heteroatoms. The summed E-state index contributed by atoms with van der Waals surface area (Å²) >= 11 is 4.13. The molecule has 2 N–H and O–H groups in total. The van der Waals surface area contributed by atoms with Crippen LogP contribution >= 0.6 is 11.3 Å². The molecule has 0 fully saturated rings. The molecule has 259 valence electrons. The van der Waals surface area contributed by atoms with Crippen LogP contribution in [0.2, 0.25) is 0 Å². The zero-order chi connectivity index (χ0) is 35.8. The molecule has 1 amide bonds. The number of aryl methyl sites for hydroxylation is 1. The molecule has 0 aliphatic heterocycles. The molecular weight excluding hydrogens is 670 g/mol. The predicted molar refractivity (Wildman–Crippen MR) is 202 cm³/mol. The van der Waals surface area contributed by atoms with Gasteiger partial charge in [0.25, 0.3) is 0 Å². The summed E-state index contributed by atoms with van der Waals surface area (Å²) in [5.41, 5.74) is 4.59. The summed E-state index contributed by atoms with van der Waals surface area (Å²) in [7, 11) is 0. The number of unbranched alkanes of at least 4 members (excludes halogenated alkanes) is 2. The van der Waals surface area contributed by atoms with Crippen LogP contribution in [0.1, 0.15) is 106 Å². The Hall–Kier alpha value is -3.85. The van der Waals surface area contributed by atoms with E-state index in [0.717, 1.165) is 70.9 Å². The van der Waals surface area contributed by atoms with Crippen molar-refractivity contribution in [2.24, 2.45) is 4.99 Å². The van der Waals surface area contributed by atoms with E-state index in [1.165, 1.54) is 6.07 Å². The minimum Gasteiger partial charge on any atom is -0.0622 e. The average molecular weight is 720 g/mol. The van der Waals surface area contributed by atoms with Gasteiger partial charge in [-0.05, 0) is 0 Å². The Bertz CT molecular complexity index is 1690. The van der Waals surface area contributed by atoms with E-state index in [-0.39, 0.29) is 11.6 Å². The number of hydrogen-bond donors (Lipinski definition) is 2. The molecule has 0 spiro atoms. The minimum absolute atomic E-state index is 0.0944. The molecule has 0 aliphatic carbocycles. The van der Waals surface area contributed by atoms with E-state index in [1.807, 2.05) is 57.3 Å². The van der Waals surface area contributed by atoms with Gasteiger partial charge in [0.1, 0.15) is 0 Å². The third-order valence-corrected chi connectivity index (χ3v) is 9.34. The van der Waals surface area contributed by atoms with Gasteiger partial charge in [0.15, 0.2) is 0 Å². The number of benzene rings is 2. The fourth-order valence-corrected chi connectivity index (χ4v) is 6.60. The molecule has 1 unspecified atom stereocenters. The van der Waals surface area contributed by atoms with Crippen molar-refractivity contribution in [1.29, 1.82) is 0 Å². The van der Waals surface area contributed by atoms with E-state index in [2.05, 4.69) is 65.7 Å². The number of nitrogens with zero attached hydrogens (tertiary/aromatic N) is 2. The first-order chi connectivity index (χ1) is 23.7. The molecule has 0 bridgehead atoms.